The number of hydrogen-bond donors (Lipinski definition) is 1. The molecular formula is C14H20O5S. The smallest absolute Gasteiger partial charge is 0.161 e. The minimum atomic E-state index is -3.17. The Balaban J connectivity index is 2.36. The van der Waals surface area contributed by atoms with Crippen LogP contribution in [-0.4, -0.2) is 38.2 Å². The predicted octanol–water partition coefficient (Wildman–Crippen LogP) is 1.49. The van der Waals surface area contributed by atoms with Gasteiger partial charge in [0.1, 0.15) is 5.60 Å². The summed E-state index contributed by atoms with van der Waals surface area (Å²) in [5.41, 5.74) is -0.763. The van der Waals surface area contributed by atoms with Crippen LogP contribution in [-0.2, 0) is 15.4 Å². The lowest BCUT2D eigenvalue weighted by molar-refractivity contribution is 0.0649. The first kappa shape index (κ1) is 15.1. The maximum absolute atomic E-state index is 11.6. The quantitative estimate of drug-likeness (QED) is 0.892. The SMILES string of the molecule is CCOc1ccc(C2(O)CCS(=O)(=O)C2)cc1OCC. The average Bonchev–Trinajstić information content (AvgIpc) is 2.67. The molecule has 0 aromatic heterocycles. The van der Waals surface area contributed by atoms with Crippen LogP contribution in [0.15, 0.2) is 18.2 Å². The molecular weight excluding hydrogens is 280 g/mol. The number of sulfone groups is 1. The lowest BCUT2D eigenvalue weighted by Gasteiger charge is -2.22. The van der Waals surface area contributed by atoms with Crippen LogP contribution in [0.1, 0.15) is 25.8 Å². The molecule has 1 fully saturated rings. The van der Waals surface area contributed by atoms with E-state index in [0.29, 0.717) is 30.3 Å². The molecule has 0 aliphatic carbocycles. The second-order valence-electron chi connectivity index (χ2n) is 4.90. The highest BCUT2D eigenvalue weighted by molar-refractivity contribution is 7.91. The zero-order valence-corrected chi connectivity index (χ0v) is 12.6. The Morgan fingerprint density at radius 1 is 1.20 bits per heavy atom. The van der Waals surface area contributed by atoms with Gasteiger partial charge < -0.3 is 14.6 Å². The first-order valence-corrected chi connectivity index (χ1v) is 8.55. The molecule has 0 amide bonds. The molecule has 1 aliphatic heterocycles. The zero-order chi connectivity index (χ0) is 14.8. The maximum Gasteiger partial charge on any atom is 0.161 e. The van der Waals surface area contributed by atoms with E-state index in [2.05, 4.69) is 0 Å². The first-order valence-electron chi connectivity index (χ1n) is 6.73. The third-order valence-electron chi connectivity index (χ3n) is 3.37. The fourth-order valence-electron chi connectivity index (χ4n) is 2.40. The van der Waals surface area contributed by atoms with Gasteiger partial charge in [-0.3, -0.25) is 0 Å². The first-order chi connectivity index (χ1) is 9.40. The van der Waals surface area contributed by atoms with Crippen molar-refractivity contribution in [2.45, 2.75) is 25.9 Å². The summed E-state index contributed by atoms with van der Waals surface area (Å²) in [4.78, 5) is 0. The summed E-state index contributed by atoms with van der Waals surface area (Å²) in [5.74, 6) is 0.910. The molecule has 112 valence electrons. The molecule has 5 nitrogen and oxygen atoms in total. The fourth-order valence-corrected chi connectivity index (χ4v) is 4.23. The van der Waals surface area contributed by atoms with Gasteiger partial charge in [0.25, 0.3) is 0 Å². The maximum atomic E-state index is 11.6. The molecule has 6 heteroatoms. The van der Waals surface area contributed by atoms with E-state index in [9.17, 15) is 13.5 Å². The van der Waals surface area contributed by atoms with Crippen LogP contribution in [0.2, 0.25) is 0 Å². The van der Waals surface area contributed by atoms with Crippen LogP contribution in [0.4, 0.5) is 0 Å². The standard InChI is InChI=1S/C14H20O5S/c1-3-18-12-6-5-11(9-13(12)19-4-2)14(15)7-8-20(16,17)10-14/h5-6,9,15H,3-4,7-8,10H2,1-2H3. The van der Waals surface area contributed by atoms with Gasteiger partial charge in [-0.1, -0.05) is 6.07 Å². The summed E-state index contributed by atoms with van der Waals surface area (Å²) in [6.45, 7) is 4.72. The second kappa shape index (κ2) is 5.61. The van der Waals surface area contributed by atoms with Crippen LogP contribution in [0.5, 0.6) is 11.5 Å². The van der Waals surface area contributed by atoms with Crippen LogP contribution >= 0.6 is 0 Å². The van der Waals surface area contributed by atoms with Crippen molar-refractivity contribution in [3.05, 3.63) is 23.8 Å². The number of ether oxygens (including phenoxy) is 2. The molecule has 0 bridgehead atoms. The largest absolute Gasteiger partial charge is 0.490 e. The van der Waals surface area contributed by atoms with Gasteiger partial charge in [-0.05, 0) is 38.0 Å². The molecule has 0 saturated carbocycles. The summed E-state index contributed by atoms with van der Waals surface area (Å²) in [6.07, 6.45) is 0.217. The van der Waals surface area contributed by atoms with E-state index in [4.69, 9.17) is 9.47 Å². The van der Waals surface area contributed by atoms with Crippen molar-refractivity contribution in [3.8, 4) is 11.5 Å². The van der Waals surface area contributed by atoms with E-state index in [1.807, 2.05) is 13.8 Å². The van der Waals surface area contributed by atoms with Crippen molar-refractivity contribution in [1.29, 1.82) is 0 Å². The number of hydrogen-bond acceptors (Lipinski definition) is 5. The third kappa shape index (κ3) is 3.07. The summed E-state index contributed by atoms with van der Waals surface area (Å²) in [5, 5.41) is 10.5. The average molecular weight is 300 g/mol. The van der Waals surface area contributed by atoms with E-state index in [1.54, 1.807) is 18.2 Å². The van der Waals surface area contributed by atoms with Crippen molar-refractivity contribution < 1.29 is 23.0 Å². The summed E-state index contributed by atoms with van der Waals surface area (Å²) in [6, 6.07) is 5.09. The second-order valence-corrected chi connectivity index (χ2v) is 7.09. The van der Waals surface area contributed by atoms with Crippen molar-refractivity contribution in [2.24, 2.45) is 0 Å². The minimum absolute atomic E-state index is 0.0146. The lowest BCUT2D eigenvalue weighted by Crippen LogP contribution is -2.27. The van der Waals surface area contributed by atoms with Gasteiger partial charge in [0, 0.05) is 0 Å². The number of benzene rings is 1. The summed E-state index contributed by atoms with van der Waals surface area (Å²) < 4.78 is 34.1. The normalized spacial score (nSPS) is 24.6. The molecule has 1 unspecified atom stereocenters. The summed E-state index contributed by atoms with van der Waals surface area (Å²) >= 11 is 0. The number of aliphatic hydroxyl groups is 1. The zero-order valence-electron chi connectivity index (χ0n) is 11.8. The van der Waals surface area contributed by atoms with Crippen molar-refractivity contribution >= 4 is 9.84 Å². The van der Waals surface area contributed by atoms with Crippen LogP contribution < -0.4 is 9.47 Å². The monoisotopic (exact) mass is 300 g/mol. The molecule has 1 atom stereocenters. The Morgan fingerprint density at radius 3 is 2.40 bits per heavy atom. The highest BCUT2D eigenvalue weighted by atomic mass is 32.2. The molecule has 1 saturated heterocycles. The topological polar surface area (TPSA) is 72.8 Å². The van der Waals surface area contributed by atoms with Crippen LogP contribution in [0.3, 0.4) is 0 Å². The number of rotatable bonds is 5. The van der Waals surface area contributed by atoms with Gasteiger partial charge in [0.05, 0.1) is 24.7 Å². The lowest BCUT2D eigenvalue weighted by atomic mass is 9.93. The van der Waals surface area contributed by atoms with E-state index in [0.717, 1.165) is 0 Å². The van der Waals surface area contributed by atoms with Gasteiger partial charge in [-0.2, -0.15) is 0 Å². The van der Waals surface area contributed by atoms with E-state index in [1.165, 1.54) is 0 Å². The van der Waals surface area contributed by atoms with E-state index in [-0.39, 0.29) is 17.9 Å². The third-order valence-corrected chi connectivity index (χ3v) is 5.11. The van der Waals surface area contributed by atoms with Gasteiger partial charge in [-0.15, -0.1) is 0 Å². The highest BCUT2D eigenvalue weighted by Crippen LogP contribution is 2.38. The molecule has 1 aromatic carbocycles. The van der Waals surface area contributed by atoms with Crippen molar-refractivity contribution in [1.82, 2.24) is 0 Å². The van der Waals surface area contributed by atoms with Gasteiger partial charge in [-0.25, -0.2) is 8.42 Å². The van der Waals surface area contributed by atoms with Gasteiger partial charge in [0.15, 0.2) is 21.3 Å². The molecule has 1 aromatic rings. The summed E-state index contributed by atoms with van der Waals surface area (Å²) in [7, 11) is -3.17. The Bertz CT molecular complexity index is 581. The van der Waals surface area contributed by atoms with E-state index >= 15 is 0 Å². The highest BCUT2D eigenvalue weighted by Gasteiger charge is 2.42. The van der Waals surface area contributed by atoms with Crippen LogP contribution in [0, 0.1) is 0 Å². The predicted molar refractivity (Wildman–Crippen MR) is 75.9 cm³/mol. The molecule has 1 heterocycles. The Hall–Kier alpha value is -1.27. The Morgan fingerprint density at radius 2 is 1.85 bits per heavy atom. The van der Waals surface area contributed by atoms with Gasteiger partial charge in [0.2, 0.25) is 0 Å². The molecule has 0 radical (unpaired) electrons. The van der Waals surface area contributed by atoms with E-state index < -0.39 is 15.4 Å². The minimum Gasteiger partial charge on any atom is -0.490 e. The Kier molecular flexibility index (Phi) is 4.25. The molecule has 20 heavy (non-hydrogen) atoms. The van der Waals surface area contributed by atoms with Crippen molar-refractivity contribution in [2.75, 3.05) is 24.7 Å². The fraction of sp³-hybridized carbons (Fsp3) is 0.571. The molecule has 0 spiro atoms. The Labute approximate surface area is 119 Å². The van der Waals surface area contributed by atoms with Crippen molar-refractivity contribution in [3.63, 3.8) is 0 Å². The van der Waals surface area contributed by atoms with Gasteiger partial charge >= 0.3 is 0 Å². The molecule has 2 rings (SSSR count). The van der Waals surface area contributed by atoms with Crippen LogP contribution in [0.25, 0.3) is 0 Å². The molecule has 1 N–H and O–H groups in total. The molecule has 1 aliphatic rings.